The summed E-state index contributed by atoms with van der Waals surface area (Å²) in [4.78, 5) is 63.9. The summed E-state index contributed by atoms with van der Waals surface area (Å²) >= 11 is 0. The van der Waals surface area contributed by atoms with Gasteiger partial charge >= 0.3 is 30.1 Å². The molecular weight excluding hydrogens is 453 g/mol. The second-order valence-electron chi connectivity index (χ2n) is 6.05. The van der Waals surface area contributed by atoms with Gasteiger partial charge in [0, 0.05) is 6.54 Å². The van der Waals surface area contributed by atoms with E-state index in [1.54, 1.807) is 0 Å². The van der Waals surface area contributed by atoms with E-state index in [4.69, 9.17) is 36.7 Å². The number of halogens is 3. The molecule has 0 unspecified atom stereocenters. The van der Waals surface area contributed by atoms with Gasteiger partial charge in [0.1, 0.15) is 12.1 Å². The fourth-order valence-electron chi connectivity index (χ4n) is 1.69. The number of hydrogen-bond acceptors (Lipinski definition) is 8. The van der Waals surface area contributed by atoms with Crippen LogP contribution in [0, 0.1) is 0 Å². The van der Waals surface area contributed by atoms with Gasteiger partial charge in [-0.15, -0.1) is 0 Å². The molecule has 0 rings (SSSR count). The summed E-state index contributed by atoms with van der Waals surface area (Å²) in [6.07, 6.45) is -5.90. The second kappa shape index (κ2) is 14.5. The van der Waals surface area contributed by atoms with Gasteiger partial charge < -0.3 is 42.5 Å². The Kier molecular flexibility index (Phi) is 13.9. The van der Waals surface area contributed by atoms with Gasteiger partial charge in [0.15, 0.2) is 0 Å². The van der Waals surface area contributed by atoms with E-state index < -0.39 is 72.8 Å². The van der Waals surface area contributed by atoms with E-state index in [-0.39, 0.29) is 19.4 Å². The van der Waals surface area contributed by atoms with Gasteiger partial charge in [0.2, 0.25) is 11.8 Å². The first-order chi connectivity index (χ1) is 14.5. The van der Waals surface area contributed by atoms with E-state index in [0.717, 1.165) is 0 Å². The van der Waals surface area contributed by atoms with Gasteiger partial charge in [-0.05, 0) is 12.8 Å². The lowest BCUT2D eigenvalue weighted by atomic mass is 10.1. The van der Waals surface area contributed by atoms with E-state index in [9.17, 15) is 37.1 Å². The number of hydrogen-bond donors (Lipinski definition) is 8. The molecule has 14 nitrogen and oxygen atoms in total. The number of rotatable bonds is 12. The van der Waals surface area contributed by atoms with Crippen LogP contribution in [-0.2, 0) is 28.8 Å². The molecule has 10 N–H and O–H groups in total. The molecule has 0 saturated heterocycles. The van der Waals surface area contributed by atoms with Gasteiger partial charge in [-0.1, -0.05) is 0 Å². The standard InChI is InChI=1S/C13H22N4O8.C2HF3O2/c14-6(11(21)17-8(13(24)25)5-10(19)20)2-1-3-16-9(18)4-7(15)12(22)23;3-2(4,5)1(6)7/h6-8H,1-5,14-15H2,(H,16,18)(H,17,21)(H,19,20)(H,22,23)(H,24,25);(H,6,7)/t6-,7-,8-;/m0./s1. The number of nitrogens with two attached hydrogens (primary N) is 2. The molecular formula is C15H23F3N4O10. The van der Waals surface area contributed by atoms with Crippen molar-refractivity contribution in [1.29, 1.82) is 0 Å². The Morgan fingerprint density at radius 2 is 1.34 bits per heavy atom. The molecule has 17 heteroatoms. The molecule has 0 aliphatic heterocycles. The van der Waals surface area contributed by atoms with Crippen molar-refractivity contribution in [2.24, 2.45) is 11.5 Å². The van der Waals surface area contributed by atoms with Crippen molar-refractivity contribution in [3.8, 4) is 0 Å². The van der Waals surface area contributed by atoms with Crippen molar-refractivity contribution < 1.29 is 62.4 Å². The van der Waals surface area contributed by atoms with E-state index in [0.29, 0.717) is 0 Å². The molecule has 0 aromatic carbocycles. The van der Waals surface area contributed by atoms with Crippen molar-refractivity contribution in [3.63, 3.8) is 0 Å². The zero-order valence-corrected chi connectivity index (χ0v) is 16.3. The zero-order valence-electron chi connectivity index (χ0n) is 16.3. The van der Waals surface area contributed by atoms with Crippen LogP contribution < -0.4 is 22.1 Å². The highest BCUT2D eigenvalue weighted by Gasteiger charge is 2.38. The molecule has 2 amide bonds. The predicted octanol–water partition coefficient (Wildman–Crippen LogP) is -2.31. The minimum absolute atomic E-state index is 0.0938. The molecule has 3 atom stereocenters. The summed E-state index contributed by atoms with van der Waals surface area (Å²) < 4.78 is 31.7. The van der Waals surface area contributed by atoms with E-state index in [1.165, 1.54) is 0 Å². The number of aliphatic carboxylic acids is 4. The summed E-state index contributed by atoms with van der Waals surface area (Å²) in [6.45, 7) is 0.115. The van der Waals surface area contributed by atoms with Gasteiger partial charge in [-0.3, -0.25) is 19.2 Å². The lowest BCUT2D eigenvalue weighted by Gasteiger charge is -2.16. The summed E-state index contributed by atoms with van der Waals surface area (Å²) in [5, 5.41) is 37.5. The summed E-state index contributed by atoms with van der Waals surface area (Å²) in [5.74, 6) is -8.34. The van der Waals surface area contributed by atoms with Gasteiger partial charge in [-0.2, -0.15) is 13.2 Å². The third-order valence-corrected chi connectivity index (χ3v) is 3.31. The van der Waals surface area contributed by atoms with E-state index >= 15 is 0 Å². The fourth-order valence-corrected chi connectivity index (χ4v) is 1.69. The zero-order chi connectivity index (χ0) is 25.6. The summed E-state index contributed by atoms with van der Waals surface area (Å²) in [5.41, 5.74) is 10.8. The Bertz CT molecular complexity index is 701. The molecule has 0 saturated carbocycles. The van der Waals surface area contributed by atoms with Crippen molar-refractivity contribution in [2.75, 3.05) is 6.54 Å². The average molecular weight is 476 g/mol. The number of alkyl halides is 3. The van der Waals surface area contributed by atoms with Crippen molar-refractivity contribution >= 4 is 35.7 Å². The predicted molar refractivity (Wildman–Crippen MR) is 96.0 cm³/mol. The Balaban J connectivity index is 0. The topological polar surface area (TPSA) is 259 Å². The second-order valence-corrected chi connectivity index (χ2v) is 6.05. The molecule has 0 aromatic rings. The highest BCUT2D eigenvalue weighted by atomic mass is 19.4. The first kappa shape index (κ1) is 30.7. The first-order valence-corrected chi connectivity index (χ1v) is 8.54. The number of carboxylic acids is 4. The van der Waals surface area contributed by atoms with Crippen molar-refractivity contribution in [1.82, 2.24) is 10.6 Å². The highest BCUT2D eigenvalue weighted by molar-refractivity contribution is 5.89. The molecule has 0 fully saturated rings. The lowest BCUT2D eigenvalue weighted by molar-refractivity contribution is -0.192. The number of nitrogens with one attached hydrogen (secondary N) is 2. The smallest absolute Gasteiger partial charge is 0.481 e. The third kappa shape index (κ3) is 15.4. The SMILES string of the molecule is N[C@@H](CC(=O)NCCC[C@H](N)C(=O)N[C@@H](CC(=O)O)C(=O)O)C(=O)O.O=C(O)C(F)(F)F. The number of carbonyl (C=O) groups excluding carboxylic acids is 2. The number of carbonyl (C=O) groups is 6. The maximum Gasteiger partial charge on any atom is 0.490 e. The minimum Gasteiger partial charge on any atom is -0.481 e. The number of amides is 2. The lowest BCUT2D eigenvalue weighted by Crippen LogP contribution is -2.49. The summed E-state index contributed by atoms with van der Waals surface area (Å²) in [7, 11) is 0. The Morgan fingerprint density at radius 1 is 0.844 bits per heavy atom. The van der Waals surface area contributed by atoms with Crippen LogP contribution in [0.25, 0.3) is 0 Å². The third-order valence-electron chi connectivity index (χ3n) is 3.31. The van der Waals surface area contributed by atoms with E-state index in [2.05, 4.69) is 5.32 Å². The van der Waals surface area contributed by atoms with Crippen LogP contribution in [0.15, 0.2) is 0 Å². The molecule has 0 aliphatic rings. The average Bonchev–Trinajstić information content (AvgIpc) is 2.63. The minimum atomic E-state index is -5.08. The van der Waals surface area contributed by atoms with Crippen LogP contribution in [0.4, 0.5) is 13.2 Å². The van der Waals surface area contributed by atoms with Gasteiger partial charge in [0.05, 0.1) is 18.9 Å². The van der Waals surface area contributed by atoms with Crippen LogP contribution in [0.2, 0.25) is 0 Å². The van der Waals surface area contributed by atoms with Gasteiger partial charge in [0.25, 0.3) is 0 Å². The van der Waals surface area contributed by atoms with Crippen molar-refractivity contribution in [3.05, 3.63) is 0 Å². The highest BCUT2D eigenvalue weighted by Crippen LogP contribution is 2.13. The maximum atomic E-state index is 11.7. The quantitative estimate of drug-likeness (QED) is 0.138. The molecule has 0 aliphatic carbocycles. The molecule has 0 bridgehead atoms. The van der Waals surface area contributed by atoms with Crippen LogP contribution in [0.5, 0.6) is 0 Å². The number of carboxylic acid groups (broad SMARTS) is 4. The van der Waals surface area contributed by atoms with Crippen molar-refractivity contribution in [2.45, 2.75) is 50.0 Å². The normalized spacial score (nSPS) is 13.4. The van der Waals surface area contributed by atoms with Crippen LogP contribution in [-0.4, -0.2) is 87.0 Å². The van der Waals surface area contributed by atoms with Crippen LogP contribution >= 0.6 is 0 Å². The van der Waals surface area contributed by atoms with Gasteiger partial charge in [-0.25, -0.2) is 9.59 Å². The van der Waals surface area contributed by atoms with Crippen LogP contribution in [0.3, 0.4) is 0 Å². The maximum absolute atomic E-state index is 11.7. The molecule has 0 radical (unpaired) electrons. The first-order valence-electron chi connectivity index (χ1n) is 8.54. The Hall–Kier alpha value is -3.47. The summed E-state index contributed by atoms with van der Waals surface area (Å²) in [6, 6.07) is -3.99. The molecule has 0 aromatic heterocycles. The fraction of sp³-hybridized carbons (Fsp3) is 0.600. The Morgan fingerprint density at radius 3 is 1.72 bits per heavy atom. The molecule has 0 heterocycles. The monoisotopic (exact) mass is 476 g/mol. The largest absolute Gasteiger partial charge is 0.490 e. The molecule has 0 spiro atoms. The van der Waals surface area contributed by atoms with Crippen LogP contribution in [0.1, 0.15) is 25.7 Å². The molecule has 32 heavy (non-hydrogen) atoms. The molecule has 184 valence electrons. The van der Waals surface area contributed by atoms with E-state index in [1.807, 2.05) is 5.32 Å². The Labute approximate surface area is 177 Å².